The van der Waals surface area contributed by atoms with Gasteiger partial charge in [-0.25, -0.2) is 0 Å². The second kappa shape index (κ2) is 13.1. The molecule has 51 heavy (non-hydrogen) atoms. The maximum atomic E-state index is 13.9. The summed E-state index contributed by atoms with van der Waals surface area (Å²) >= 11 is 0. The number of nitrogens with one attached hydrogen (secondary N) is 1. The molecule has 6 saturated carbocycles. The maximum Gasteiger partial charge on any atom is 0.309 e. The van der Waals surface area contributed by atoms with Crippen molar-refractivity contribution in [1.82, 2.24) is 10.2 Å². The molecule has 0 saturated heterocycles. The maximum absolute atomic E-state index is 13.9. The van der Waals surface area contributed by atoms with Gasteiger partial charge in [0.15, 0.2) is 0 Å². The standard InChI is InChI=1S/C44H72N2O5/c1-27(2)30-16-21-44(25-35(47)45-28-12-13-29(24-28)46(10)11)23-22-42(8)31(37(30)44)14-15-33-41(7)19-18-34(51-36(48)26-39(3,4)38(49)50)40(5,6)32(41)17-20-43(33,42)9/h28-34,37H,1,12-26H2,2-11H3,(H,45,47)(H,49,50)/t28-,29+,30-,31+,32-,33+,34-,37+,41-,42+,43+,44+/m0/s1. The Balaban J connectivity index is 1.22. The van der Waals surface area contributed by atoms with Gasteiger partial charge >= 0.3 is 11.9 Å². The second-order valence-electron chi connectivity index (χ2n) is 21.1. The zero-order valence-corrected chi connectivity index (χ0v) is 34.0. The molecular formula is C44H72N2O5. The van der Waals surface area contributed by atoms with E-state index in [4.69, 9.17) is 4.74 Å². The molecule has 0 heterocycles. The first-order valence-corrected chi connectivity index (χ1v) is 20.7. The quantitative estimate of drug-likeness (QED) is 0.183. The van der Waals surface area contributed by atoms with Crippen LogP contribution >= 0.6 is 0 Å². The highest BCUT2D eigenvalue weighted by Crippen LogP contribution is 2.78. The van der Waals surface area contributed by atoms with Gasteiger partial charge in [-0.2, -0.15) is 0 Å². The average Bonchev–Trinajstić information content (AvgIpc) is 3.64. The zero-order chi connectivity index (χ0) is 37.5. The predicted molar refractivity (Wildman–Crippen MR) is 203 cm³/mol. The highest BCUT2D eigenvalue weighted by molar-refractivity contribution is 5.81. The highest BCUT2D eigenvalue weighted by Gasteiger charge is 2.71. The third-order valence-electron chi connectivity index (χ3n) is 17.6. The second-order valence-corrected chi connectivity index (χ2v) is 21.1. The minimum absolute atomic E-state index is 0.0703. The summed E-state index contributed by atoms with van der Waals surface area (Å²) in [6.07, 6.45) is 15.0. The number of allylic oxidation sites excluding steroid dienone is 1. The van der Waals surface area contributed by atoms with Crippen molar-refractivity contribution in [2.24, 2.45) is 62.1 Å². The van der Waals surface area contributed by atoms with E-state index < -0.39 is 11.4 Å². The van der Waals surface area contributed by atoms with Crippen molar-refractivity contribution < 1.29 is 24.2 Å². The van der Waals surface area contributed by atoms with Crippen LogP contribution in [-0.2, 0) is 19.1 Å². The van der Waals surface area contributed by atoms with Gasteiger partial charge in [-0.3, -0.25) is 14.4 Å². The Kier molecular flexibility index (Phi) is 10.0. The number of rotatable bonds is 9. The molecule has 2 N–H and O–H groups in total. The summed E-state index contributed by atoms with van der Waals surface area (Å²) in [5.41, 5.74) is 0.618. The van der Waals surface area contributed by atoms with E-state index in [1.54, 1.807) is 13.8 Å². The Bertz CT molecular complexity index is 1400. The van der Waals surface area contributed by atoms with Crippen molar-refractivity contribution >= 4 is 17.8 Å². The molecular weight excluding hydrogens is 636 g/mol. The average molecular weight is 709 g/mol. The molecule has 0 bridgehead atoms. The predicted octanol–water partition coefficient (Wildman–Crippen LogP) is 9.05. The molecule has 6 fully saturated rings. The monoisotopic (exact) mass is 709 g/mol. The summed E-state index contributed by atoms with van der Waals surface area (Å²) in [5, 5.41) is 13.1. The normalized spacial score (nSPS) is 44.5. The zero-order valence-electron chi connectivity index (χ0n) is 34.0. The minimum Gasteiger partial charge on any atom is -0.481 e. The van der Waals surface area contributed by atoms with E-state index in [1.807, 2.05) is 0 Å². The Morgan fingerprint density at radius 1 is 0.863 bits per heavy atom. The Hall–Kier alpha value is -1.89. The van der Waals surface area contributed by atoms with Crippen LogP contribution in [0, 0.1) is 62.1 Å². The smallest absolute Gasteiger partial charge is 0.309 e. The van der Waals surface area contributed by atoms with Crippen molar-refractivity contribution in [2.45, 2.75) is 170 Å². The molecule has 7 heteroatoms. The van der Waals surface area contributed by atoms with Gasteiger partial charge in [0.05, 0.1) is 11.8 Å². The van der Waals surface area contributed by atoms with Gasteiger partial charge in [-0.05, 0) is 170 Å². The highest BCUT2D eigenvalue weighted by atomic mass is 16.5. The first-order valence-electron chi connectivity index (χ1n) is 20.7. The summed E-state index contributed by atoms with van der Waals surface area (Å²) in [6, 6.07) is 0.868. The number of aliphatic carboxylic acids is 1. The molecule has 6 rings (SSSR count). The molecule has 0 aromatic rings. The number of carboxylic acids is 1. The Labute approximate surface area is 309 Å². The largest absolute Gasteiger partial charge is 0.481 e. The number of carbonyl (C=O) groups is 3. The number of nitrogens with zero attached hydrogens (tertiary/aromatic N) is 1. The molecule has 6 aliphatic carbocycles. The third-order valence-corrected chi connectivity index (χ3v) is 17.6. The van der Waals surface area contributed by atoms with E-state index in [2.05, 4.69) is 72.4 Å². The van der Waals surface area contributed by atoms with Crippen LogP contribution < -0.4 is 5.32 Å². The third kappa shape index (κ3) is 6.23. The topological polar surface area (TPSA) is 95.9 Å². The Morgan fingerprint density at radius 2 is 1.57 bits per heavy atom. The first-order chi connectivity index (χ1) is 23.6. The van der Waals surface area contributed by atoms with Crippen molar-refractivity contribution in [3.63, 3.8) is 0 Å². The van der Waals surface area contributed by atoms with Gasteiger partial charge in [0.25, 0.3) is 0 Å². The molecule has 0 aliphatic heterocycles. The SMILES string of the molecule is C=C(C)[C@@H]1CC[C@]2(CC(=O)N[C@H]3CC[C@@H](N(C)C)C3)CC[C@]3(C)[C@H](CC[C@@H]4[C@@]5(C)CC[C@H](OC(=O)CC(C)(C)C(=O)O)C(C)(C)[C@@H]5CC[C@]43C)[C@@H]12. The number of esters is 1. The molecule has 0 unspecified atom stereocenters. The number of amides is 1. The summed E-state index contributed by atoms with van der Waals surface area (Å²) < 4.78 is 6.19. The fraction of sp³-hybridized carbons (Fsp3) is 0.886. The molecule has 12 atom stereocenters. The summed E-state index contributed by atoms with van der Waals surface area (Å²) in [5.74, 6) is 1.57. The van der Waals surface area contributed by atoms with Crippen LogP contribution in [0.1, 0.15) is 152 Å². The van der Waals surface area contributed by atoms with Crippen LogP contribution in [0.5, 0.6) is 0 Å². The van der Waals surface area contributed by atoms with Crippen LogP contribution in [0.15, 0.2) is 12.2 Å². The summed E-state index contributed by atoms with van der Waals surface area (Å²) in [6.45, 7) is 22.5. The van der Waals surface area contributed by atoms with Gasteiger partial charge < -0.3 is 20.1 Å². The van der Waals surface area contributed by atoms with Gasteiger partial charge in [-0.1, -0.05) is 46.8 Å². The van der Waals surface area contributed by atoms with Crippen LogP contribution in [0.25, 0.3) is 0 Å². The van der Waals surface area contributed by atoms with Crippen molar-refractivity contribution in [3.05, 3.63) is 12.2 Å². The Morgan fingerprint density at radius 3 is 2.20 bits per heavy atom. The summed E-state index contributed by atoms with van der Waals surface area (Å²) in [4.78, 5) is 41.1. The van der Waals surface area contributed by atoms with Crippen LogP contribution in [0.4, 0.5) is 0 Å². The molecule has 0 radical (unpaired) electrons. The number of hydrogen-bond donors (Lipinski definition) is 2. The van der Waals surface area contributed by atoms with Crippen LogP contribution in [-0.4, -0.2) is 60.1 Å². The van der Waals surface area contributed by atoms with Gasteiger partial charge in [0.2, 0.25) is 5.91 Å². The van der Waals surface area contributed by atoms with E-state index in [0.29, 0.717) is 48.1 Å². The number of hydrogen-bond acceptors (Lipinski definition) is 5. The van der Waals surface area contributed by atoms with Gasteiger partial charge in [0.1, 0.15) is 6.10 Å². The summed E-state index contributed by atoms with van der Waals surface area (Å²) in [7, 11) is 4.32. The van der Waals surface area contributed by atoms with E-state index in [0.717, 1.165) is 51.4 Å². The van der Waals surface area contributed by atoms with Gasteiger partial charge in [0, 0.05) is 23.9 Å². The van der Waals surface area contributed by atoms with Crippen molar-refractivity contribution in [1.29, 1.82) is 0 Å². The lowest BCUT2D eigenvalue weighted by Crippen LogP contribution is -2.67. The molecule has 0 aromatic heterocycles. The van der Waals surface area contributed by atoms with Crippen molar-refractivity contribution in [3.8, 4) is 0 Å². The number of ether oxygens (including phenoxy) is 1. The molecule has 7 nitrogen and oxygen atoms in total. The van der Waals surface area contributed by atoms with Crippen LogP contribution in [0.2, 0.25) is 0 Å². The lowest BCUT2D eigenvalue weighted by atomic mass is 9.32. The molecule has 0 aromatic carbocycles. The van der Waals surface area contributed by atoms with Gasteiger partial charge in [-0.15, -0.1) is 0 Å². The van der Waals surface area contributed by atoms with E-state index in [-0.39, 0.29) is 51.5 Å². The molecule has 0 spiro atoms. The number of carbonyl (C=O) groups excluding carboxylic acids is 2. The number of fused-ring (bicyclic) bond motifs is 7. The fourth-order valence-electron chi connectivity index (χ4n) is 14.6. The number of carboxylic acid groups (broad SMARTS) is 1. The minimum atomic E-state index is -1.14. The lowest BCUT2D eigenvalue weighted by molar-refractivity contribution is -0.250. The van der Waals surface area contributed by atoms with E-state index in [1.165, 1.54) is 37.7 Å². The first kappa shape index (κ1) is 38.8. The molecule has 288 valence electrons. The van der Waals surface area contributed by atoms with E-state index in [9.17, 15) is 19.5 Å². The molecule has 1 amide bonds. The molecule has 6 aliphatic rings. The van der Waals surface area contributed by atoms with Crippen LogP contribution in [0.3, 0.4) is 0 Å². The van der Waals surface area contributed by atoms with Crippen molar-refractivity contribution in [2.75, 3.05) is 14.1 Å². The fourth-order valence-corrected chi connectivity index (χ4v) is 14.6. The lowest BCUT2D eigenvalue weighted by Gasteiger charge is -2.73. The van der Waals surface area contributed by atoms with E-state index >= 15 is 0 Å².